The Labute approximate surface area is 120 Å². The Morgan fingerprint density at radius 3 is 2.80 bits per heavy atom. The van der Waals surface area contributed by atoms with Crippen LogP contribution in [0.15, 0.2) is 29.8 Å². The summed E-state index contributed by atoms with van der Waals surface area (Å²) in [6.07, 6.45) is 8.67. The summed E-state index contributed by atoms with van der Waals surface area (Å²) in [7, 11) is 0. The van der Waals surface area contributed by atoms with Crippen LogP contribution in [0.4, 0.5) is 8.78 Å². The van der Waals surface area contributed by atoms with Crippen molar-refractivity contribution in [2.45, 2.75) is 51.5 Å². The minimum absolute atomic E-state index is 0.130. The second kappa shape index (κ2) is 7.53. The third-order valence-corrected chi connectivity index (χ3v) is 3.85. The van der Waals surface area contributed by atoms with E-state index in [1.807, 2.05) is 0 Å². The molecule has 110 valence electrons. The highest BCUT2D eigenvalue weighted by atomic mass is 19.2. The van der Waals surface area contributed by atoms with Crippen LogP contribution in [0.5, 0.6) is 0 Å². The number of allylic oxidation sites excluding steroid dienone is 1. The Balaban J connectivity index is 2.17. The zero-order chi connectivity index (χ0) is 14.4. The predicted octanol–water partition coefficient (Wildman–Crippen LogP) is 4.90. The van der Waals surface area contributed by atoms with Crippen LogP contribution < -0.4 is 5.32 Å². The van der Waals surface area contributed by atoms with Gasteiger partial charge in [-0.2, -0.15) is 0 Å². The number of hydrogen-bond donors (Lipinski definition) is 1. The highest BCUT2D eigenvalue weighted by molar-refractivity contribution is 5.24. The zero-order valence-electron chi connectivity index (χ0n) is 12.1. The van der Waals surface area contributed by atoms with Crippen molar-refractivity contribution in [1.29, 1.82) is 0 Å². The molecule has 0 fully saturated rings. The maximum atomic E-state index is 14.0. The lowest BCUT2D eigenvalue weighted by atomic mass is 9.91. The third kappa shape index (κ3) is 3.89. The fraction of sp³-hybridized carbons (Fsp3) is 0.529. The summed E-state index contributed by atoms with van der Waals surface area (Å²) in [5.74, 6) is -1.47. The molecule has 0 spiro atoms. The van der Waals surface area contributed by atoms with Crippen LogP contribution in [0.1, 0.15) is 57.1 Å². The van der Waals surface area contributed by atoms with Gasteiger partial charge in [0.1, 0.15) is 0 Å². The van der Waals surface area contributed by atoms with E-state index in [9.17, 15) is 8.78 Å². The number of hydrogen-bond acceptors (Lipinski definition) is 1. The lowest BCUT2D eigenvalue weighted by Gasteiger charge is -2.23. The molecule has 0 aliphatic heterocycles. The second-order valence-corrected chi connectivity index (χ2v) is 5.46. The number of benzene rings is 1. The molecule has 1 atom stereocenters. The van der Waals surface area contributed by atoms with E-state index in [1.54, 1.807) is 12.1 Å². The van der Waals surface area contributed by atoms with Crippen molar-refractivity contribution in [3.8, 4) is 0 Å². The SMILES string of the molecule is CCCNC(CC1=CCCCC1)c1cccc(F)c1F. The highest BCUT2D eigenvalue weighted by Crippen LogP contribution is 2.29. The van der Waals surface area contributed by atoms with Gasteiger partial charge in [0, 0.05) is 11.6 Å². The van der Waals surface area contributed by atoms with Gasteiger partial charge in [0.05, 0.1) is 0 Å². The first-order valence-electron chi connectivity index (χ1n) is 7.57. The molecule has 1 aliphatic rings. The molecule has 1 nitrogen and oxygen atoms in total. The first kappa shape index (κ1) is 15.2. The van der Waals surface area contributed by atoms with Crippen molar-refractivity contribution < 1.29 is 8.78 Å². The molecule has 3 heteroatoms. The number of rotatable bonds is 6. The van der Waals surface area contributed by atoms with Gasteiger partial charge in [0.25, 0.3) is 0 Å². The van der Waals surface area contributed by atoms with E-state index in [0.717, 1.165) is 32.2 Å². The third-order valence-electron chi connectivity index (χ3n) is 3.85. The van der Waals surface area contributed by atoms with Crippen molar-refractivity contribution in [3.05, 3.63) is 47.0 Å². The molecule has 0 amide bonds. The van der Waals surface area contributed by atoms with Gasteiger partial charge in [-0.05, 0) is 51.1 Å². The lowest BCUT2D eigenvalue weighted by molar-refractivity contribution is 0.453. The van der Waals surface area contributed by atoms with E-state index in [0.29, 0.717) is 5.56 Å². The average Bonchev–Trinajstić information content (AvgIpc) is 2.48. The summed E-state index contributed by atoms with van der Waals surface area (Å²) in [4.78, 5) is 0. The Morgan fingerprint density at radius 1 is 1.25 bits per heavy atom. The van der Waals surface area contributed by atoms with Crippen LogP contribution in [0, 0.1) is 11.6 Å². The normalized spacial score (nSPS) is 16.9. The molecule has 0 heterocycles. The van der Waals surface area contributed by atoms with E-state index in [1.165, 1.54) is 24.5 Å². The molecule has 2 rings (SSSR count). The van der Waals surface area contributed by atoms with Crippen LogP contribution in [0.25, 0.3) is 0 Å². The van der Waals surface area contributed by atoms with Crippen LogP contribution in [0.3, 0.4) is 0 Å². The fourth-order valence-electron chi connectivity index (χ4n) is 2.75. The summed E-state index contributed by atoms with van der Waals surface area (Å²) >= 11 is 0. The monoisotopic (exact) mass is 279 g/mol. The molecule has 0 bridgehead atoms. The predicted molar refractivity (Wildman–Crippen MR) is 78.6 cm³/mol. The Kier molecular flexibility index (Phi) is 5.72. The molecule has 1 aromatic carbocycles. The highest BCUT2D eigenvalue weighted by Gasteiger charge is 2.19. The number of nitrogens with one attached hydrogen (secondary N) is 1. The summed E-state index contributed by atoms with van der Waals surface area (Å²) in [6, 6.07) is 4.32. The Bertz CT molecular complexity index is 468. The number of halogens is 2. The van der Waals surface area contributed by atoms with E-state index in [2.05, 4.69) is 18.3 Å². The van der Waals surface area contributed by atoms with Crippen molar-refractivity contribution in [1.82, 2.24) is 5.32 Å². The van der Waals surface area contributed by atoms with Crippen molar-refractivity contribution in [2.24, 2.45) is 0 Å². The average molecular weight is 279 g/mol. The van der Waals surface area contributed by atoms with Crippen LogP contribution >= 0.6 is 0 Å². The molecule has 0 aromatic heterocycles. The van der Waals surface area contributed by atoms with Gasteiger partial charge < -0.3 is 5.32 Å². The van der Waals surface area contributed by atoms with Crippen LogP contribution in [0.2, 0.25) is 0 Å². The molecule has 1 N–H and O–H groups in total. The molecule has 1 unspecified atom stereocenters. The first-order chi connectivity index (χ1) is 9.72. The summed E-state index contributed by atoms with van der Waals surface area (Å²) < 4.78 is 27.4. The summed E-state index contributed by atoms with van der Waals surface area (Å²) in [6.45, 7) is 2.89. The van der Waals surface area contributed by atoms with Crippen molar-refractivity contribution in [2.75, 3.05) is 6.54 Å². The molecule has 0 saturated heterocycles. The minimum atomic E-state index is -0.761. The molecule has 0 saturated carbocycles. The summed E-state index contributed by atoms with van der Waals surface area (Å²) in [5.41, 5.74) is 1.82. The van der Waals surface area contributed by atoms with E-state index in [4.69, 9.17) is 0 Å². The van der Waals surface area contributed by atoms with Gasteiger partial charge in [-0.15, -0.1) is 0 Å². The quantitative estimate of drug-likeness (QED) is 0.731. The maximum absolute atomic E-state index is 14.0. The van der Waals surface area contributed by atoms with Crippen molar-refractivity contribution in [3.63, 3.8) is 0 Å². The van der Waals surface area contributed by atoms with Gasteiger partial charge in [0.15, 0.2) is 11.6 Å². The molecule has 1 aromatic rings. The Hall–Kier alpha value is -1.22. The summed E-state index contributed by atoms with van der Waals surface area (Å²) in [5, 5.41) is 3.35. The molecule has 1 aliphatic carbocycles. The first-order valence-corrected chi connectivity index (χ1v) is 7.57. The second-order valence-electron chi connectivity index (χ2n) is 5.46. The smallest absolute Gasteiger partial charge is 0.163 e. The van der Waals surface area contributed by atoms with Gasteiger partial charge >= 0.3 is 0 Å². The van der Waals surface area contributed by atoms with Crippen LogP contribution in [-0.2, 0) is 0 Å². The molecular formula is C17H23F2N. The standard InChI is InChI=1S/C17H23F2N/c1-2-11-20-16(12-13-7-4-3-5-8-13)14-9-6-10-15(18)17(14)19/h6-7,9-10,16,20H,2-5,8,11-12H2,1H3. The Morgan fingerprint density at radius 2 is 2.10 bits per heavy atom. The van der Waals surface area contributed by atoms with Gasteiger partial charge in [-0.25, -0.2) is 8.78 Å². The van der Waals surface area contributed by atoms with Crippen LogP contribution in [-0.4, -0.2) is 6.54 Å². The van der Waals surface area contributed by atoms with E-state index < -0.39 is 11.6 Å². The zero-order valence-corrected chi connectivity index (χ0v) is 12.1. The molecule has 0 radical (unpaired) electrons. The minimum Gasteiger partial charge on any atom is -0.310 e. The van der Waals surface area contributed by atoms with Gasteiger partial charge in [0.2, 0.25) is 0 Å². The van der Waals surface area contributed by atoms with Gasteiger partial charge in [-0.1, -0.05) is 30.7 Å². The van der Waals surface area contributed by atoms with Crippen molar-refractivity contribution >= 4 is 0 Å². The maximum Gasteiger partial charge on any atom is 0.163 e. The molecular weight excluding hydrogens is 256 g/mol. The van der Waals surface area contributed by atoms with E-state index >= 15 is 0 Å². The topological polar surface area (TPSA) is 12.0 Å². The fourth-order valence-corrected chi connectivity index (χ4v) is 2.75. The van der Waals surface area contributed by atoms with Gasteiger partial charge in [-0.3, -0.25) is 0 Å². The van der Waals surface area contributed by atoms with E-state index in [-0.39, 0.29) is 6.04 Å². The molecule has 20 heavy (non-hydrogen) atoms. The largest absolute Gasteiger partial charge is 0.310 e. The lowest BCUT2D eigenvalue weighted by Crippen LogP contribution is -2.24.